The Morgan fingerprint density at radius 3 is 2.95 bits per heavy atom. The molecule has 1 aromatic rings. The van der Waals surface area contributed by atoms with E-state index in [0.29, 0.717) is 10.8 Å². The number of halogens is 2. The standard InChI is InChI=1S/C15H21F2NOS/c1-18-15(10-19)7-2-3-11(15)6-8-20-14-9-12(16)4-5-13(14)17/h4-5,9,11,18-19H,2-3,6-8,10H2,1H3. The minimum atomic E-state index is -0.408. The van der Waals surface area contributed by atoms with Gasteiger partial charge in [-0.1, -0.05) is 6.42 Å². The lowest BCUT2D eigenvalue weighted by Gasteiger charge is -2.33. The number of likely N-dealkylation sites (N-methyl/N-ethyl adjacent to an activating group) is 1. The van der Waals surface area contributed by atoms with Gasteiger partial charge in [0.2, 0.25) is 0 Å². The Morgan fingerprint density at radius 2 is 2.25 bits per heavy atom. The lowest BCUT2D eigenvalue weighted by molar-refractivity contribution is 0.130. The lowest BCUT2D eigenvalue weighted by Crippen LogP contribution is -2.49. The zero-order valence-electron chi connectivity index (χ0n) is 11.7. The van der Waals surface area contributed by atoms with Gasteiger partial charge in [0.15, 0.2) is 0 Å². The van der Waals surface area contributed by atoms with Crippen molar-refractivity contribution in [3.8, 4) is 0 Å². The van der Waals surface area contributed by atoms with Gasteiger partial charge in [-0.15, -0.1) is 11.8 Å². The number of nitrogens with one attached hydrogen (secondary N) is 1. The van der Waals surface area contributed by atoms with Crippen LogP contribution in [0.25, 0.3) is 0 Å². The summed E-state index contributed by atoms with van der Waals surface area (Å²) in [5.74, 6) is 0.343. The van der Waals surface area contributed by atoms with Gasteiger partial charge in [-0.25, -0.2) is 8.78 Å². The highest BCUT2D eigenvalue weighted by atomic mass is 32.2. The fraction of sp³-hybridized carbons (Fsp3) is 0.600. The smallest absolute Gasteiger partial charge is 0.136 e. The van der Waals surface area contributed by atoms with E-state index in [2.05, 4.69) is 5.32 Å². The zero-order valence-corrected chi connectivity index (χ0v) is 12.5. The fourth-order valence-electron chi connectivity index (χ4n) is 3.08. The molecule has 0 saturated heterocycles. The Labute approximate surface area is 123 Å². The van der Waals surface area contributed by atoms with E-state index in [-0.39, 0.29) is 18.0 Å². The topological polar surface area (TPSA) is 32.3 Å². The van der Waals surface area contributed by atoms with Gasteiger partial charge in [-0.05, 0) is 56.2 Å². The van der Waals surface area contributed by atoms with Gasteiger partial charge in [0.1, 0.15) is 11.6 Å². The molecule has 2 rings (SSSR count). The molecule has 0 aliphatic heterocycles. The quantitative estimate of drug-likeness (QED) is 0.792. The highest BCUT2D eigenvalue weighted by Crippen LogP contribution is 2.38. The summed E-state index contributed by atoms with van der Waals surface area (Å²) in [7, 11) is 1.88. The van der Waals surface area contributed by atoms with Gasteiger partial charge >= 0.3 is 0 Å². The van der Waals surface area contributed by atoms with Gasteiger partial charge in [-0.2, -0.15) is 0 Å². The zero-order chi connectivity index (χ0) is 14.6. The van der Waals surface area contributed by atoms with Gasteiger partial charge in [0, 0.05) is 10.4 Å². The molecular weight excluding hydrogens is 280 g/mol. The number of aliphatic hydroxyl groups excluding tert-OH is 1. The number of hydrogen-bond acceptors (Lipinski definition) is 3. The summed E-state index contributed by atoms with van der Waals surface area (Å²) >= 11 is 1.35. The summed E-state index contributed by atoms with van der Waals surface area (Å²) < 4.78 is 26.6. The van der Waals surface area contributed by atoms with E-state index in [1.165, 1.54) is 23.9 Å². The van der Waals surface area contributed by atoms with E-state index in [1.54, 1.807) is 0 Å². The predicted molar refractivity (Wildman–Crippen MR) is 77.9 cm³/mol. The SMILES string of the molecule is CNC1(CO)CCCC1CCSc1cc(F)ccc1F. The Bertz CT molecular complexity index is 451. The molecule has 1 fully saturated rings. The monoisotopic (exact) mass is 301 g/mol. The molecule has 2 N–H and O–H groups in total. The van der Waals surface area contributed by atoms with E-state index >= 15 is 0 Å². The van der Waals surface area contributed by atoms with Crippen molar-refractivity contribution < 1.29 is 13.9 Å². The second kappa shape index (κ2) is 6.87. The Balaban J connectivity index is 1.91. The van der Waals surface area contributed by atoms with Crippen LogP contribution in [0.15, 0.2) is 23.1 Å². The van der Waals surface area contributed by atoms with Crippen LogP contribution >= 0.6 is 11.8 Å². The first kappa shape index (κ1) is 15.7. The van der Waals surface area contributed by atoms with E-state index < -0.39 is 5.82 Å². The van der Waals surface area contributed by atoms with Gasteiger partial charge in [-0.3, -0.25) is 0 Å². The number of hydrogen-bond donors (Lipinski definition) is 2. The van der Waals surface area contributed by atoms with Crippen LogP contribution in [0.4, 0.5) is 8.78 Å². The van der Waals surface area contributed by atoms with Crippen molar-refractivity contribution in [2.45, 2.75) is 36.1 Å². The molecule has 5 heteroatoms. The minimum absolute atomic E-state index is 0.132. The van der Waals surface area contributed by atoms with Crippen LogP contribution in [-0.2, 0) is 0 Å². The van der Waals surface area contributed by atoms with Crippen LogP contribution in [0.1, 0.15) is 25.7 Å². The maximum absolute atomic E-state index is 13.5. The summed E-state index contributed by atoms with van der Waals surface area (Å²) in [6.45, 7) is 0.132. The van der Waals surface area contributed by atoms with Gasteiger partial charge in [0.25, 0.3) is 0 Å². The van der Waals surface area contributed by atoms with Crippen molar-refractivity contribution in [2.75, 3.05) is 19.4 Å². The van der Waals surface area contributed by atoms with Crippen molar-refractivity contribution in [1.82, 2.24) is 5.32 Å². The van der Waals surface area contributed by atoms with E-state index in [1.807, 2.05) is 7.05 Å². The summed E-state index contributed by atoms with van der Waals surface area (Å²) in [6.07, 6.45) is 4.05. The van der Waals surface area contributed by atoms with Crippen molar-refractivity contribution in [3.05, 3.63) is 29.8 Å². The molecule has 20 heavy (non-hydrogen) atoms. The fourth-order valence-corrected chi connectivity index (χ4v) is 4.10. The summed E-state index contributed by atoms with van der Waals surface area (Å²) in [6, 6.07) is 3.54. The molecule has 0 radical (unpaired) electrons. The van der Waals surface area contributed by atoms with Crippen LogP contribution in [0.3, 0.4) is 0 Å². The van der Waals surface area contributed by atoms with Crippen molar-refractivity contribution in [1.29, 1.82) is 0 Å². The molecular formula is C15H21F2NOS. The van der Waals surface area contributed by atoms with Crippen LogP contribution in [0, 0.1) is 17.6 Å². The molecule has 1 aliphatic carbocycles. The molecule has 112 valence electrons. The molecule has 1 aliphatic rings. The van der Waals surface area contributed by atoms with Crippen molar-refractivity contribution >= 4 is 11.8 Å². The van der Waals surface area contributed by atoms with Crippen LogP contribution in [0.5, 0.6) is 0 Å². The molecule has 0 heterocycles. The maximum atomic E-state index is 13.5. The first-order valence-corrected chi connectivity index (χ1v) is 7.97. The molecule has 2 atom stereocenters. The molecule has 0 aromatic heterocycles. The molecule has 0 bridgehead atoms. The Morgan fingerprint density at radius 1 is 1.45 bits per heavy atom. The van der Waals surface area contributed by atoms with E-state index in [9.17, 15) is 13.9 Å². The first-order valence-electron chi connectivity index (χ1n) is 6.99. The molecule has 1 aromatic carbocycles. The van der Waals surface area contributed by atoms with Crippen LogP contribution < -0.4 is 5.32 Å². The van der Waals surface area contributed by atoms with Gasteiger partial charge < -0.3 is 10.4 Å². The average molecular weight is 301 g/mol. The third-order valence-electron chi connectivity index (χ3n) is 4.35. The Hall–Kier alpha value is -0.650. The summed E-state index contributed by atoms with van der Waals surface area (Å²) in [5.41, 5.74) is -0.193. The van der Waals surface area contributed by atoms with Crippen LogP contribution in [0.2, 0.25) is 0 Å². The minimum Gasteiger partial charge on any atom is -0.394 e. The van der Waals surface area contributed by atoms with Crippen LogP contribution in [-0.4, -0.2) is 30.1 Å². The number of thioether (sulfide) groups is 1. The molecule has 2 unspecified atom stereocenters. The molecule has 0 spiro atoms. The second-order valence-corrected chi connectivity index (χ2v) is 6.50. The largest absolute Gasteiger partial charge is 0.394 e. The number of benzene rings is 1. The molecule has 1 saturated carbocycles. The summed E-state index contributed by atoms with van der Waals surface area (Å²) in [5, 5.41) is 12.9. The maximum Gasteiger partial charge on any atom is 0.136 e. The van der Waals surface area contributed by atoms with Gasteiger partial charge in [0.05, 0.1) is 6.61 Å². The van der Waals surface area contributed by atoms with E-state index in [4.69, 9.17) is 0 Å². The third kappa shape index (κ3) is 3.32. The highest BCUT2D eigenvalue weighted by molar-refractivity contribution is 7.99. The molecule has 0 amide bonds. The average Bonchev–Trinajstić information content (AvgIpc) is 2.86. The second-order valence-electron chi connectivity index (χ2n) is 5.37. The summed E-state index contributed by atoms with van der Waals surface area (Å²) in [4.78, 5) is 0.363. The van der Waals surface area contributed by atoms with Crippen molar-refractivity contribution in [2.24, 2.45) is 5.92 Å². The number of rotatable bonds is 6. The third-order valence-corrected chi connectivity index (χ3v) is 5.42. The lowest BCUT2D eigenvalue weighted by atomic mass is 9.86. The highest BCUT2D eigenvalue weighted by Gasteiger charge is 2.40. The van der Waals surface area contributed by atoms with E-state index in [0.717, 1.165) is 37.5 Å². The van der Waals surface area contributed by atoms with Crippen molar-refractivity contribution in [3.63, 3.8) is 0 Å². The molecule has 2 nitrogen and oxygen atoms in total. The Kier molecular flexibility index (Phi) is 5.41. The normalized spacial score (nSPS) is 26.1. The predicted octanol–water partition coefficient (Wildman–Crippen LogP) is 3.20. The first-order chi connectivity index (χ1) is 9.61. The number of aliphatic hydroxyl groups is 1.